The van der Waals surface area contributed by atoms with Crippen molar-refractivity contribution in [2.24, 2.45) is 11.1 Å². The summed E-state index contributed by atoms with van der Waals surface area (Å²) in [5.74, 6) is 1.38. The number of ether oxygens (including phenoxy) is 1. The zero-order chi connectivity index (χ0) is 16.7. The van der Waals surface area contributed by atoms with Crippen molar-refractivity contribution in [3.05, 3.63) is 48.8 Å². The minimum Gasteiger partial charge on any atom is -0.457 e. The van der Waals surface area contributed by atoms with Crippen molar-refractivity contribution in [1.82, 2.24) is 4.98 Å². The van der Waals surface area contributed by atoms with Crippen LogP contribution in [0.3, 0.4) is 0 Å². The predicted octanol–water partition coefficient (Wildman–Crippen LogP) is 4.42. The van der Waals surface area contributed by atoms with Crippen molar-refractivity contribution in [3.8, 4) is 11.5 Å². The van der Waals surface area contributed by atoms with E-state index in [1.165, 1.54) is 0 Å². The SMILES string of the molecule is CCC(CC)(CN)C(=O)Nc1ccc(Oc2ccncc2)cc1.Cl.Cl. The van der Waals surface area contributed by atoms with Gasteiger partial charge in [-0.15, -0.1) is 24.8 Å². The molecule has 0 aliphatic rings. The lowest BCUT2D eigenvalue weighted by molar-refractivity contribution is -0.125. The first-order valence-corrected chi connectivity index (χ1v) is 7.83. The molecule has 25 heavy (non-hydrogen) atoms. The second-order valence-electron chi connectivity index (χ2n) is 5.46. The first kappa shape index (κ1) is 23.2. The van der Waals surface area contributed by atoms with E-state index in [9.17, 15) is 4.79 Å². The summed E-state index contributed by atoms with van der Waals surface area (Å²) in [5, 5.41) is 2.94. The summed E-state index contributed by atoms with van der Waals surface area (Å²) in [5.41, 5.74) is 6.03. The van der Waals surface area contributed by atoms with Crippen molar-refractivity contribution in [2.45, 2.75) is 26.7 Å². The van der Waals surface area contributed by atoms with Crippen LogP contribution < -0.4 is 15.8 Å². The number of anilines is 1. The number of aromatic nitrogens is 1. The number of nitrogens with two attached hydrogens (primary N) is 1. The largest absolute Gasteiger partial charge is 0.457 e. The molecule has 0 atom stereocenters. The molecular weight excluding hydrogens is 361 g/mol. The Kier molecular flexibility index (Phi) is 10.1. The van der Waals surface area contributed by atoms with Gasteiger partial charge in [0.1, 0.15) is 11.5 Å². The van der Waals surface area contributed by atoms with E-state index in [1.807, 2.05) is 38.1 Å². The summed E-state index contributed by atoms with van der Waals surface area (Å²) in [6.07, 6.45) is 4.78. The number of benzene rings is 1. The molecule has 2 aromatic rings. The molecule has 138 valence electrons. The number of carbonyl (C=O) groups is 1. The van der Waals surface area contributed by atoms with Gasteiger partial charge < -0.3 is 15.8 Å². The number of halogens is 2. The van der Waals surface area contributed by atoms with Gasteiger partial charge >= 0.3 is 0 Å². The Labute approximate surface area is 161 Å². The van der Waals surface area contributed by atoms with Gasteiger partial charge in [-0.1, -0.05) is 13.8 Å². The van der Waals surface area contributed by atoms with Gasteiger partial charge in [0.25, 0.3) is 0 Å². The number of rotatable bonds is 7. The molecule has 0 spiro atoms. The highest BCUT2D eigenvalue weighted by atomic mass is 35.5. The summed E-state index contributed by atoms with van der Waals surface area (Å²) in [4.78, 5) is 16.4. The highest BCUT2D eigenvalue weighted by molar-refractivity contribution is 5.95. The standard InChI is InChI=1S/C18H23N3O2.2ClH/c1-3-18(4-2,13-19)17(22)21-14-5-7-15(8-6-14)23-16-9-11-20-12-10-16;;/h5-12H,3-4,13,19H2,1-2H3,(H,21,22);2*1H. The van der Waals surface area contributed by atoms with Crippen LogP contribution in [0.15, 0.2) is 48.8 Å². The second kappa shape index (κ2) is 10.9. The number of nitrogens with one attached hydrogen (secondary N) is 1. The third-order valence-electron chi connectivity index (χ3n) is 4.22. The van der Waals surface area contributed by atoms with Gasteiger partial charge in [-0.2, -0.15) is 0 Å². The van der Waals surface area contributed by atoms with Gasteiger partial charge in [-0.05, 0) is 49.2 Å². The average Bonchev–Trinajstić information content (AvgIpc) is 2.60. The third kappa shape index (κ3) is 5.88. The summed E-state index contributed by atoms with van der Waals surface area (Å²) in [6.45, 7) is 4.32. The van der Waals surface area contributed by atoms with Gasteiger partial charge in [0.15, 0.2) is 0 Å². The molecule has 0 saturated heterocycles. The van der Waals surface area contributed by atoms with Crippen LogP contribution in [-0.4, -0.2) is 17.4 Å². The number of pyridine rings is 1. The zero-order valence-electron chi connectivity index (χ0n) is 14.4. The van der Waals surface area contributed by atoms with Crippen LogP contribution in [0.5, 0.6) is 11.5 Å². The normalized spacial score (nSPS) is 10.2. The molecule has 0 unspecified atom stereocenters. The molecule has 0 aliphatic heterocycles. The summed E-state index contributed by atoms with van der Waals surface area (Å²) < 4.78 is 5.70. The Morgan fingerprint density at radius 1 is 1.04 bits per heavy atom. The average molecular weight is 386 g/mol. The predicted molar refractivity (Wildman–Crippen MR) is 106 cm³/mol. The van der Waals surface area contributed by atoms with Crippen LogP contribution in [-0.2, 0) is 4.79 Å². The Balaban J connectivity index is 0.00000288. The molecular formula is C18H25Cl2N3O2. The zero-order valence-corrected chi connectivity index (χ0v) is 16.0. The highest BCUT2D eigenvalue weighted by Crippen LogP contribution is 2.28. The first-order valence-electron chi connectivity index (χ1n) is 7.83. The van der Waals surface area contributed by atoms with E-state index in [1.54, 1.807) is 24.5 Å². The molecule has 1 aromatic heterocycles. The minimum absolute atomic E-state index is 0. The molecule has 1 amide bonds. The number of carbonyl (C=O) groups excluding carboxylic acids is 1. The second-order valence-corrected chi connectivity index (χ2v) is 5.46. The van der Waals surface area contributed by atoms with Crippen LogP contribution in [0.1, 0.15) is 26.7 Å². The smallest absolute Gasteiger partial charge is 0.231 e. The molecule has 0 saturated carbocycles. The van der Waals surface area contributed by atoms with E-state index in [-0.39, 0.29) is 30.7 Å². The molecule has 1 aromatic carbocycles. The van der Waals surface area contributed by atoms with E-state index in [0.717, 1.165) is 24.3 Å². The Morgan fingerprint density at radius 2 is 1.56 bits per heavy atom. The summed E-state index contributed by atoms with van der Waals surface area (Å²) in [6, 6.07) is 10.8. The van der Waals surface area contributed by atoms with Gasteiger partial charge in [0.05, 0.1) is 5.41 Å². The highest BCUT2D eigenvalue weighted by Gasteiger charge is 2.33. The molecule has 0 aliphatic carbocycles. The molecule has 0 bridgehead atoms. The van der Waals surface area contributed by atoms with E-state index < -0.39 is 5.41 Å². The van der Waals surface area contributed by atoms with E-state index in [2.05, 4.69) is 10.3 Å². The number of amides is 1. The molecule has 2 rings (SSSR count). The van der Waals surface area contributed by atoms with E-state index in [4.69, 9.17) is 10.5 Å². The van der Waals surface area contributed by atoms with Crippen molar-refractivity contribution >= 4 is 36.4 Å². The quantitative estimate of drug-likeness (QED) is 0.739. The van der Waals surface area contributed by atoms with Crippen LogP contribution in [0.25, 0.3) is 0 Å². The first-order chi connectivity index (χ1) is 11.1. The molecule has 3 N–H and O–H groups in total. The molecule has 1 heterocycles. The van der Waals surface area contributed by atoms with Crippen molar-refractivity contribution in [1.29, 1.82) is 0 Å². The molecule has 0 radical (unpaired) electrons. The van der Waals surface area contributed by atoms with E-state index >= 15 is 0 Å². The maximum absolute atomic E-state index is 12.5. The Bertz CT molecular complexity index is 624. The number of hydrogen-bond acceptors (Lipinski definition) is 4. The third-order valence-corrected chi connectivity index (χ3v) is 4.22. The molecule has 0 fully saturated rings. The molecule has 5 nitrogen and oxygen atoms in total. The Morgan fingerprint density at radius 3 is 2.04 bits per heavy atom. The van der Waals surface area contributed by atoms with Crippen LogP contribution in [0.4, 0.5) is 5.69 Å². The van der Waals surface area contributed by atoms with Crippen molar-refractivity contribution in [2.75, 3.05) is 11.9 Å². The summed E-state index contributed by atoms with van der Waals surface area (Å²) in [7, 11) is 0. The fraction of sp³-hybridized carbons (Fsp3) is 0.333. The lowest BCUT2D eigenvalue weighted by Gasteiger charge is -2.28. The Hall–Kier alpha value is -1.82. The van der Waals surface area contributed by atoms with Crippen LogP contribution in [0.2, 0.25) is 0 Å². The lowest BCUT2D eigenvalue weighted by atomic mass is 9.81. The topological polar surface area (TPSA) is 77.2 Å². The van der Waals surface area contributed by atoms with Gasteiger partial charge in [0, 0.05) is 24.6 Å². The number of nitrogens with zero attached hydrogens (tertiary/aromatic N) is 1. The molecule has 7 heteroatoms. The fourth-order valence-corrected chi connectivity index (χ4v) is 2.36. The maximum Gasteiger partial charge on any atom is 0.231 e. The van der Waals surface area contributed by atoms with Crippen LogP contribution >= 0.6 is 24.8 Å². The van der Waals surface area contributed by atoms with Crippen LogP contribution in [0, 0.1) is 5.41 Å². The number of hydrogen-bond donors (Lipinski definition) is 2. The van der Waals surface area contributed by atoms with E-state index in [0.29, 0.717) is 12.3 Å². The minimum atomic E-state index is -0.508. The van der Waals surface area contributed by atoms with Gasteiger partial charge in [-0.3, -0.25) is 9.78 Å². The van der Waals surface area contributed by atoms with Crippen molar-refractivity contribution < 1.29 is 9.53 Å². The lowest BCUT2D eigenvalue weighted by Crippen LogP contribution is -2.41. The van der Waals surface area contributed by atoms with Crippen molar-refractivity contribution in [3.63, 3.8) is 0 Å². The van der Waals surface area contributed by atoms with Gasteiger partial charge in [0.2, 0.25) is 5.91 Å². The van der Waals surface area contributed by atoms with Gasteiger partial charge in [-0.25, -0.2) is 0 Å². The maximum atomic E-state index is 12.5. The summed E-state index contributed by atoms with van der Waals surface area (Å²) >= 11 is 0. The monoisotopic (exact) mass is 385 g/mol. The fourth-order valence-electron chi connectivity index (χ4n) is 2.36.